The van der Waals surface area contributed by atoms with E-state index >= 15 is 0 Å². The minimum absolute atomic E-state index is 0.237. The fraction of sp³-hybridized carbons (Fsp3) is 0.0400. The van der Waals surface area contributed by atoms with Crippen LogP contribution in [0.25, 0.3) is 6.20 Å². The van der Waals surface area contributed by atoms with E-state index in [4.69, 9.17) is 21.3 Å². The molecule has 2 heterocycles. The maximum atomic E-state index is 6.09. The maximum absolute atomic E-state index is 6.09. The molecular weight excluding hydrogens is 394 g/mol. The number of para-hydroxylation sites is 2. The van der Waals surface area contributed by atoms with Crippen LogP contribution in [0.3, 0.4) is 0 Å². The van der Waals surface area contributed by atoms with Gasteiger partial charge < -0.3 is 9.64 Å². The van der Waals surface area contributed by atoms with Gasteiger partial charge in [-0.05, 0) is 48.5 Å². The van der Waals surface area contributed by atoms with Crippen molar-refractivity contribution < 1.29 is 4.74 Å². The van der Waals surface area contributed by atoms with E-state index < -0.39 is 0 Å². The number of ether oxygens (including phenoxy) is 1. The minimum Gasteiger partial charge on any atom is -0.439 e. The number of pyridine rings is 1. The molecule has 0 bridgehead atoms. The van der Waals surface area contributed by atoms with Crippen LogP contribution in [-0.4, -0.2) is 4.98 Å². The van der Waals surface area contributed by atoms with Crippen molar-refractivity contribution in [2.45, 2.75) is 6.17 Å². The molecule has 1 atom stereocenters. The SMILES string of the molecule is Clc1ccc(N2C=c3ccccc3=NC2c2ccc(Oc3ccccc3)nc2)cc1. The Labute approximate surface area is 179 Å². The second-order valence-electron chi connectivity index (χ2n) is 6.92. The van der Waals surface area contributed by atoms with Crippen molar-refractivity contribution in [2.75, 3.05) is 4.90 Å². The van der Waals surface area contributed by atoms with Gasteiger partial charge in [-0.1, -0.05) is 48.0 Å². The van der Waals surface area contributed by atoms with E-state index in [0.717, 1.165) is 27.6 Å². The van der Waals surface area contributed by atoms with Crippen molar-refractivity contribution in [3.8, 4) is 11.6 Å². The molecule has 30 heavy (non-hydrogen) atoms. The summed E-state index contributed by atoms with van der Waals surface area (Å²) < 4.78 is 5.82. The average molecular weight is 412 g/mol. The van der Waals surface area contributed by atoms with Gasteiger partial charge in [-0.2, -0.15) is 0 Å². The van der Waals surface area contributed by atoms with Crippen molar-refractivity contribution in [3.05, 3.63) is 118 Å². The van der Waals surface area contributed by atoms with Crippen LogP contribution >= 0.6 is 11.6 Å². The molecule has 4 nitrogen and oxygen atoms in total. The lowest BCUT2D eigenvalue weighted by atomic mass is 10.1. The summed E-state index contributed by atoms with van der Waals surface area (Å²) in [6.07, 6.45) is 3.70. The van der Waals surface area contributed by atoms with Crippen LogP contribution in [0.1, 0.15) is 11.7 Å². The second-order valence-corrected chi connectivity index (χ2v) is 7.36. The summed E-state index contributed by atoms with van der Waals surface area (Å²) >= 11 is 6.09. The molecule has 3 aromatic carbocycles. The number of hydrogen-bond donors (Lipinski definition) is 0. The van der Waals surface area contributed by atoms with Crippen LogP contribution in [0, 0.1) is 0 Å². The molecule has 1 unspecified atom stereocenters. The fourth-order valence-corrected chi connectivity index (χ4v) is 3.53. The van der Waals surface area contributed by atoms with Gasteiger partial charge in [0.1, 0.15) is 5.75 Å². The molecule has 146 valence electrons. The molecule has 0 N–H and O–H groups in total. The van der Waals surface area contributed by atoms with E-state index in [-0.39, 0.29) is 6.17 Å². The van der Waals surface area contributed by atoms with E-state index in [2.05, 4.69) is 22.2 Å². The molecule has 0 fully saturated rings. The zero-order chi connectivity index (χ0) is 20.3. The highest BCUT2D eigenvalue weighted by atomic mass is 35.5. The second kappa shape index (κ2) is 8.01. The Balaban J connectivity index is 1.51. The van der Waals surface area contributed by atoms with Gasteiger partial charge in [0.2, 0.25) is 5.88 Å². The fourth-order valence-electron chi connectivity index (χ4n) is 3.41. The van der Waals surface area contributed by atoms with Crippen LogP contribution in [0.4, 0.5) is 5.69 Å². The molecule has 5 heteroatoms. The number of aromatic nitrogens is 1. The lowest BCUT2D eigenvalue weighted by Crippen LogP contribution is -2.37. The third kappa shape index (κ3) is 3.78. The minimum atomic E-state index is -0.237. The quantitative estimate of drug-likeness (QED) is 0.468. The lowest BCUT2D eigenvalue weighted by Gasteiger charge is -2.30. The molecular formula is C25H18ClN3O. The molecule has 0 aliphatic carbocycles. The molecule has 0 saturated heterocycles. The van der Waals surface area contributed by atoms with Gasteiger partial charge in [-0.25, -0.2) is 4.98 Å². The van der Waals surface area contributed by atoms with E-state index in [1.165, 1.54) is 0 Å². The van der Waals surface area contributed by atoms with E-state index in [1.807, 2.05) is 91.1 Å². The Bertz CT molecular complexity index is 1270. The lowest BCUT2D eigenvalue weighted by molar-refractivity contribution is 0.462. The zero-order valence-electron chi connectivity index (χ0n) is 16.0. The van der Waals surface area contributed by atoms with Gasteiger partial charge in [0, 0.05) is 40.0 Å². The van der Waals surface area contributed by atoms with Crippen LogP contribution in [0.2, 0.25) is 5.02 Å². The van der Waals surface area contributed by atoms with Crippen molar-refractivity contribution >= 4 is 23.5 Å². The molecule has 0 saturated carbocycles. The summed E-state index contributed by atoms with van der Waals surface area (Å²) in [6, 6.07) is 29.4. The summed E-state index contributed by atoms with van der Waals surface area (Å²) in [5.74, 6) is 1.30. The Morgan fingerprint density at radius 1 is 0.800 bits per heavy atom. The largest absolute Gasteiger partial charge is 0.439 e. The number of halogens is 1. The average Bonchev–Trinajstić information content (AvgIpc) is 2.80. The first-order chi connectivity index (χ1) is 14.8. The highest BCUT2D eigenvalue weighted by Gasteiger charge is 2.21. The first-order valence-electron chi connectivity index (χ1n) is 9.64. The zero-order valence-corrected chi connectivity index (χ0v) is 16.8. The van der Waals surface area contributed by atoms with E-state index in [0.29, 0.717) is 10.9 Å². The Morgan fingerprint density at radius 3 is 2.33 bits per heavy atom. The molecule has 0 radical (unpaired) electrons. The third-order valence-corrected chi connectivity index (χ3v) is 5.14. The van der Waals surface area contributed by atoms with E-state index in [9.17, 15) is 0 Å². The Hall–Kier alpha value is -3.63. The third-order valence-electron chi connectivity index (χ3n) is 4.89. The number of anilines is 1. The summed E-state index contributed by atoms with van der Waals surface area (Å²) in [7, 11) is 0. The number of nitrogens with zero attached hydrogens (tertiary/aromatic N) is 3. The maximum Gasteiger partial charge on any atom is 0.219 e. The number of hydrogen-bond acceptors (Lipinski definition) is 4. The predicted molar refractivity (Wildman–Crippen MR) is 119 cm³/mol. The molecule has 0 amide bonds. The van der Waals surface area contributed by atoms with Gasteiger partial charge in [0.15, 0.2) is 6.17 Å². The van der Waals surface area contributed by atoms with Gasteiger partial charge in [-0.3, -0.25) is 4.99 Å². The van der Waals surface area contributed by atoms with Crippen LogP contribution in [-0.2, 0) is 0 Å². The normalized spacial score (nSPS) is 15.0. The van der Waals surface area contributed by atoms with E-state index in [1.54, 1.807) is 0 Å². The van der Waals surface area contributed by atoms with Crippen molar-refractivity contribution in [1.82, 2.24) is 4.98 Å². The standard InChI is InChI=1S/C25H18ClN3O/c26-20-11-13-21(14-12-20)29-17-19-6-4-5-9-23(19)28-25(29)18-10-15-24(27-16-18)30-22-7-2-1-3-8-22/h1-17,25H. The van der Waals surface area contributed by atoms with Gasteiger partial charge in [0.05, 0.1) is 5.36 Å². The van der Waals surface area contributed by atoms with Crippen LogP contribution < -0.4 is 20.2 Å². The first kappa shape index (κ1) is 18.4. The van der Waals surface area contributed by atoms with Crippen LogP contribution in [0.15, 0.2) is 102 Å². The first-order valence-corrected chi connectivity index (χ1v) is 10.0. The summed E-state index contributed by atoms with van der Waals surface area (Å²) in [4.78, 5) is 11.6. The van der Waals surface area contributed by atoms with Gasteiger partial charge >= 0.3 is 0 Å². The molecule has 5 rings (SSSR count). The van der Waals surface area contributed by atoms with Gasteiger partial charge in [-0.15, -0.1) is 0 Å². The highest BCUT2D eigenvalue weighted by molar-refractivity contribution is 6.30. The van der Waals surface area contributed by atoms with Crippen LogP contribution in [0.5, 0.6) is 11.6 Å². The van der Waals surface area contributed by atoms with Crippen molar-refractivity contribution in [1.29, 1.82) is 0 Å². The number of rotatable bonds is 4. The summed E-state index contributed by atoms with van der Waals surface area (Å²) in [5.41, 5.74) is 1.98. The Kier molecular flexibility index (Phi) is 4.91. The number of fused-ring (bicyclic) bond motifs is 1. The van der Waals surface area contributed by atoms with Crippen molar-refractivity contribution in [3.63, 3.8) is 0 Å². The monoisotopic (exact) mass is 411 g/mol. The molecule has 1 aromatic heterocycles. The summed E-state index contributed by atoms with van der Waals surface area (Å²) in [6.45, 7) is 0. The number of benzene rings is 3. The van der Waals surface area contributed by atoms with Gasteiger partial charge in [0.25, 0.3) is 0 Å². The summed E-state index contributed by atoms with van der Waals surface area (Å²) in [5, 5.41) is 2.73. The Morgan fingerprint density at radius 2 is 1.57 bits per heavy atom. The molecule has 1 aliphatic rings. The molecule has 1 aliphatic heterocycles. The topological polar surface area (TPSA) is 37.7 Å². The molecule has 0 spiro atoms. The predicted octanol–water partition coefficient (Wildman–Crippen LogP) is 5.10. The highest BCUT2D eigenvalue weighted by Crippen LogP contribution is 2.31. The smallest absolute Gasteiger partial charge is 0.219 e. The molecule has 4 aromatic rings. The van der Waals surface area contributed by atoms with Crippen molar-refractivity contribution in [2.24, 2.45) is 4.99 Å².